The van der Waals surface area contributed by atoms with Crippen LogP contribution >= 0.6 is 12.4 Å². The van der Waals surface area contributed by atoms with Crippen molar-refractivity contribution in [3.05, 3.63) is 47.8 Å². The lowest BCUT2D eigenvalue weighted by Crippen LogP contribution is -2.24. The number of hydrogen-bond acceptors (Lipinski definition) is 4. The molecular formula is C19H22ClFN2O3. The molecule has 0 spiro atoms. The van der Waals surface area contributed by atoms with Gasteiger partial charge in [-0.25, -0.2) is 4.39 Å². The zero-order chi connectivity index (χ0) is 17.8. The van der Waals surface area contributed by atoms with E-state index in [0.717, 1.165) is 18.5 Å². The average molecular weight is 381 g/mol. The van der Waals surface area contributed by atoms with Gasteiger partial charge < -0.3 is 20.1 Å². The van der Waals surface area contributed by atoms with Gasteiger partial charge in [0, 0.05) is 18.3 Å². The molecule has 7 heteroatoms. The molecule has 0 saturated carbocycles. The lowest BCUT2D eigenvalue weighted by molar-refractivity contribution is -0.119. The molecule has 0 aliphatic carbocycles. The Kier molecular flexibility index (Phi) is 6.83. The van der Waals surface area contributed by atoms with Crippen LogP contribution in [0.1, 0.15) is 12.0 Å². The lowest BCUT2D eigenvalue weighted by atomic mass is 10.1. The summed E-state index contributed by atoms with van der Waals surface area (Å²) >= 11 is 0. The van der Waals surface area contributed by atoms with Crippen LogP contribution in [0.4, 0.5) is 10.1 Å². The minimum atomic E-state index is -0.551. The standard InChI is InChI=1S/C19H21FN2O3.ClH/c1-12-3-5-17(18(9-12)24-2)25-16-6-4-14(10-15(16)20)22-19(23)13-7-8-21-11-13;/h3-6,9-10,13,21H,7-8,11H2,1-2H3,(H,22,23);1H. The van der Waals surface area contributed by atoms with E-state index in [0.29, 0.717) is 23.7 Å². The molecule has 1 aliphatic rings. The normalized spacial score (nSPS) is 15.9. The SMILES string of the molecule is COc1cc(C)ccc1Oc1ccc(NC(=O)C2CCNC2)cc1F.Cl. The summed E-state index contributed by atoms with van der Waals surface area (Å²) in [5.41, 5.74) is 1.43. The largest absolute Gasteiger partial charge is 0.493 e. The number of aryl methyl sites for hydroxylation is 1. The van der Waals surface area contributed by atoms with E-state index in [4.69, 9.17) is 9.47 Å². The topological polar surface area (TPSA) is 59.6 Å². The minimum absolute atomic E-state index is 0. The van der Waals surface area contributed by atoms with Crippen molar-refractivity contribution >= 4 is 24.0 Å². The van der Waals surface area contributed by atoms with Crippen molar-refractivity contribution in [2.45, 2.75) is 13.3 Å². The van der Waals surface area contributed by atoms with Crippen molar-refractivity contribution in [3.8, 4) is 17.2 Å². The summed E-state index contributed by atoms with van der Waals surface area (Å²) in [7, 11) is 1.54. The predicted molar refractivity (Wildman–Crippen MR) is 101 cm³/mol. The highest BCUT2D eigenvalue weighted by atomic mass is 35.5. The summed E-state index contributed by atoms with van der Waals surface area (Å²) in [4.78, 5) is 12.1. The number of amides is 1. The Morgan fingerprint density at radius 3 is 2.62 bits per heavy atom. The fourth-order valence-electron chi connectivity index (χ4n) is 2.76. The fourth-order valence-corrected chi connectivity index (χ4v) is 2.76. The zero-order valence-corrected chi connectivity index (χ0v) is 15.5. The van der Waals surface area contributed by atoms with Gasteiger partial charge in [0.05, 0.1) is 13.0 Å². The van der Waals surface area contributed by atoms with E-state index in [2.05, 4.69) is 10.6 Å². The number of halogens is 2. The van der Waals surface area contributed by atoms with Gasteiger partial charge in [-0.2, -0.15) is 0 Å². The van der Waals surface area contributed by atoms with Crippen LogP contribution in [0, 0.1) is 18.7 Å². The molecule has 5 nitrogen and oxygen atoms in total. The zero-order valence-electron chi connectivity index (χ0n) is 14.7. The molecule has 1 atom stereocenters. The highest BCUT2D eigenvalue weighted by Gasteiger charge is 2.22. The van der Waals surface area contributed by atoms with Crippen LogP contribution in [-0.4, -0.2) is 26.1 Å². The maximum Gasteiger partial charge on any atom is 0.228 e. The smallest absolute Gasteiger partial charge is 0.228 e. The summed E-state index contributed by atoms with van der Waals surface area (Å²) in [6.45, 7) is 3.42. The predicted octanol–water partition coefficient (Wildman–Crippen LogP) is 3.90. The number of nitrogens with one attached hydrogen (secondary N) is 2. The van der Waals surface area contributed by atoms with Gasteiger partial charge in [0.15, 0.2) is 23.1 Å². The second-order valence-electron chi connectivity index (χ2n) is 6.08. The maximum absolute atomic E-state index is 14.3. The second kappa shape index (κ2) is 8.87. The molecule has 0 aromatic heterocycles. The quantitative estimate of drug-likeness (QED) is 0.825. The Morgan fingerprint density at radius 2 is 1.96 bits per heavy atom. The first kappa shape index (κ1) is 20.0. The molecular weight excluding hydrogens is 359 g/mol. The van der Waals surface area contributed by atoms with E-state index in [9.17, 15) is 9.18 Å². The summed E-state index contributed by atoms with van der Waals surface area (Å²) in [6, 6.07) is 9.79. The number of carbonyl (C=O) groups is 1. The van der Waals surface area contributed by atoms with Gasteiger partial charge in [-0.05, 0) is 49.7 Å². The third-order valence-electron chi connectivity index (χ3n) is 4.17. The summed E-state index contributed by atoms with van der Waals surface area (Å²) in [6.07, 6.45) is 0.794. The molecule has 26 heavy (non-hydrogen) atoms. The Hall–Kier alpha value is -2.31. The fraction of sp³-hybridized carbons (Fsp3) is 0.316. The molecule has 0 radical (unpaired) electrons. The van der Waals surface area contributed by atoms with Gasteiger partial charge in [-0.1, -0.05) is 6.07 Å². The minimum Gasteiger partial charge on any atom is -0.493 e. The third-order valence-corrected chi connectivity index (χ3v) is 4.17. The Labute approximate surface area is 158 Å². The van der Waals surface area contributed by atoms with Crippen LogP contribution < -0.4 is 20.1 Å². The van der Waals surface area contributed by atoms with Crippen molar-refractivity contribution in [1.82, 2.24) is 5.32 Å². The van der Waals surface area contributed by atoms with Crippen LogP contribution in [0.2, 0.25) is 0 Å². The van der Waals surface area contributed by atoms with Gasteiger partial charge in [0.2, 0.25) is 5.91 Å². The molecule has 2 N–H and O–H groups in total. The van der Waals surface area contributed by atoms with Gasteiger partial charge in [0.1, 0.15) is 0 Å². The van der Waals surface area contributed by atoms with Crippen molar-refractivity contribution in [3.63, 3.8) is 0 Å². The second-order valence-corrected chi connectivity index (χ2v) is 6.08. The third kappa shape index (κ3) is 4.65. The van der Waals surface area contributed by atoms with Crippen LogP contribution in [0.25, 0.3) is 0 Å². The average Bonchev–Trinajstić information content (AvgIpc) is 3.13. The number of methoxy groups -OCH3 is 1. The molecule has 1 saturated heterocycles. The van der Waals surface area contributed by atoms with Crippen LogP contribution in [0.5, 0.6) is 17.2 Å². The molecule has 1 fully saturated rings. The first-order valence-corrected chi connectivity index (χ1v) is 8.20. The molecule has 1 heterocycles. The Bertz CT molecular complexity index is 779. The summed E-state index contributed by atoms with van der Waals surface area (Å²) < 4.78 is 25.2. The maximum atomic E-state index is 14.3. The lowest BCUT2D eigenvalue weighted by Gasteiger charge is -2.13. The molecule has 1 amide bonds. The number of rotatable bonds is 5. The highest BCUT2D eigenvalue weighted by molar-refractivity contribution is 5.93. The van der Waals surface area contributed by atoms with E-state index in [1.54, 1.807) is 12.1 Å². The van der Waals surface area contributed by atoms with E-state index >= 15 is 0 Å². The van der Waals surface area contributed by atoms with Gasteiger partial charge >= 0.3 is 0 Å². The van der Waals surface area contributed by atoms with Gasteiger partial charge in [0.25, 0.3) is 0 Å². The van der Waals surface area contributed by atoms with E-state index in [-0.39, 0.29) is 30.0 Å². The van der Waals surface area contributed by atoms with E-state index < -0.39 is 5.82 Å². The molecule has 1 unspecified atom stereocenters. The first-order chi connectivity index (χ1) is 12.1. The van der Waals surface area contributed by atoms with Crippen molar-refractivity contribution in [2.24, 2.45) is 5.92 Å². The first-order valence-electron chi connectivity index (χ1n) is 8.20. The molecule has 2 aromatic rings. The van der Waals surface area contributed by atoms with Gasteiger partial charge in [-0.3, -0.25) is 4.79 Å². The number of benzene rings is 2. The highest BCUT2D eigenvalue weighted by Crippen LogP contribution is 2.34. The summed E-state index contributed by atoms with van der Waals surface area (Å²) in [5, 5.41) is 5.88. The Balaban J connectivity index is 0.00000243. The molecule has 3 rings (SSSR count). The van der Waals surface area contributed by atoms with Crippen molar-refractivity contribution in [1.29, 1.82) is 0 Å². The van der Waals surface area contributed by atoms with Crippen LogP contribution in [0.15, 0.2) is 36.4 Å². The molecule has 0 bridgehead atoms. The Morgan fingerprint density at radius 1 is 1.19 bits per heavy atom. The monoisotopic (exact) mass is 380 g/mol. The van der Waals surface area contributed by atoms with E-state index in [1.165, 1.54) is 19.2 Å². The molecule has 140 valence electrons. The number of ether oxygens (including phenoxy) is 2. The van der Waals surface area contributed by atoms with Gasteiger partial charge in [-0.15, -0.1) is 12.4 Å². The summed E-state index contributed by atoms with van der Waals surface area (Å²) in [5.74, 6) is 0.313. The number of anilines is 1. The molecule has 1 aliphatic heterocycles. The van der Waals surface area contributed by atoms with Crippen LogP contribution in [0.3, 0.4) is 0 Å². The molecule has 2 aromatic carbocycles. The van der Waals surface area contributed by atoms with Crippen molar-refractivity contribution in [2.75, 3.05) is 25.5 Å². The van der Waals surface area contributed by atoms with Crippen molar-refractivity contribution < 1.29 is 18.7 Å². The van der Waals surface area contributed by atoms with E-state index in [1.807, 2.05) is 19.1 Å². The number of carbonyl (C=O) groups excluding carboxylic acids is 1. The van der Waals surface area contributed by atoms with Crippen LogP contribution in [-0.2, 0) is 4.79 Å². The number of hydrogen-bond donors (Lipinski definition) is 2.